The van der Waals surface area contributed by atoms with Crippen LogP contribution in [0.4, 0.5) is 5.69 Å². The largest absolute Gasteiger partial charge is 0.480 e. The van der Waals surface area contributed by atoms with Crippen molar-refractivity contribution in [3.05, 3.63) is 24.3 Å². The fraction of sp³-hybridized carbons (Fsp3) is 0.300. The molecule has 86 valence electrons. The molecule has 0 amide bonds. The molecule has 1 aliphatic heterocycles. The molecular formula is C10H11NO4S. The maximum absolute atomic E-state index is 11.2. The van der Waals surface area contributed by atoms with E-state index < -0.39 is 21.8 Å². The minimum absolute atomic E-state index is 0.241. The van der Waals surface area contributed by atoms with Gasteiger partial charge in [-0.15, -0.1) is 0 Å². The molecule has 16 heavy (non-hydrogen) atoms. The van der Waals surface area contributed by atoms with Crippen molar-refractivity contribution in [1.29, 1.82) is 0 Å². The van der Waals surface area contributed by atoms with E-state index in [-0.39, 0.29) is 4.90 Å². The number of hydrogen-bond donors (Lipinski definition) is 1. The van der Waals surface area contributed by atoms with Crippen molar-refractivity contribution in [1.82, 2.24) is 0 Å². The molecule has 2 rings (SSSR count). The molecule has 1 heterocycles. The molecule has 0 spiro atoms. The summed E-state index contributed by atoms with van der Waals surface area (Å²) in [6, 6.07) is 5.76. The summed E-state index contributed by atoms with van der Waals surface area (Å²) in [5.74, 6) is -0.854. The number of carboxylic acid groups (broad SMARTS) is 1. The predicted octanol–water partition coefficient (Wildman–Crippen LogP) is 0.363. The third kappa shape index (κ3) is 2.01. The van der Waals surface area contributed by atoms with Crippen LogP contribution in [0.1, 0.15) is 0 Å². The lowest BCUT2D eigenvalue weighted by Crippen LogP contribution is -2.10. The van der Waals surface area contributed by atoms with E-state index in [1.54, 1.807) is 17.0 Å². The molecule has 1 aliphatic rings. The number of aliphatic carboxylic acids is 1. The Labute approximate surface area is 93.2 Å². The van der Waals surface area contributed by atoms with Crippen molar-refractivity contribution in [3.8, 4) is 0 Å². The first-order valence-corrected chi connectivity index (χ1v) is 6.58. The number of anilines is 1. The van der Waals surface area contributed by atoms with Gasteiger partial charge in [-0.05, 0) is 24.3 Å². The molecule has 1 saturated heterocycles. The van der Waals surface area contributed by atoms with Gasteiger partial charge in [-0.3, -0.25) is 0 Å². The first kappa shape index (κ1) is 10.9. The van der Waals surface area contributed by atoms with Crippen LogP contribution in [0.2, 0.25) is 0 Å². The third-order valence-electron chi connectivity index (χ3n) is 2.49. The number of hydrogen-bond acceptors (Lipinski definition) is 4. The van der Waals surface area contributed by atoms with Crippen LogP contribution in [0, 0.1) is 0 Å². The van der Waals surface area contributed by atoms with Gasteiger partial charge in [0, 0.05) is 11.9 Å². The third-order valence-corrected chi connectivity index (χ3v) is 3.62. The second kappa shape index (κ2) is 3.48. The Morgan fingerprint density at radius 2 is 1.94 bits per heavy atom. The molecule has 0 aliphatic carbocycles. The monoisotopic (exact) mass is 241 g/mol. The van der Waals surface area contributed by atoms with Gasteiger partial charge >= 0.3 is 5.97 Å². The molecule has 0 bridgehead atoms. The number of nitrogens with zero attached hydrogens (tertiary/aromatic N) is 1. The topological polar surface area (TPSA) is 74.5 Å². The molecule has 0 radical (unpaired) electrons. The first-order valence-electron chi connectivity index (χ1n) is 4.69. The van der Waals surface area contributed by atoms with Gasteiger partial charge in [0.15, 0.2) is 9.84 Å². The van der Waals surface area contributed by atoms with Gasteiger partial charge < -0.3 is 10.0 Å². The molecule has 0 saturated carbocycles. The maximum Gasteiger partial charge on any atom is 0.328 e. The number of carboxylic acids is 1. The summed E-state index contributed by atoms with van der Waals surface area (Å²) in [5.41, 5.74) is 0.736. The Hall–Kier alpha value is -1.56. The zero-order valence-corrected chi connectivity index (χ0v) is 9.44. The van der Waals surface area contributed by atoms with Gasteiger partial charge in [-0.1, -0.05) is 0 Å². The molecule has 1 aromatic rings. The van der Waals surface area contributed by atoms with E-state index in [0.29, 0.717) is 6.54 Å². The van der Waals surface area contributed by atoms with Gasteiger partial charge in [0.25, 0.3) is 0 Å². The van der Waals surface area contributed by atoms with Gasteiger partial charge in [-0.25, -0.2) is 13.2 Å². The minimum Gasteiger partial charge on any atom is -0.480 e. The standard InChI is InChI=1S/C10H11NO4S/c1-16(14,15)8-4-2-7(3-5-8)11-6-9(11)10(12)13/h2-5,9H,6H2,1H3,(H,12,13)/t9-,11?/m0/s1. The van der Waals surface area contributed by atoms with Crippen LogP contribution in [-0.4, -0.2) is 38.3 Å². The lowest BCUT2D eigenvalue weighted by atomic mass is 10.3. The van der Waals surface area contributed by atoms with E-state index in [4.69, 9.17) is 5.11 Å². The van der Waals surface area contributed by atoms with Crippen molar-refractivity contribution in [3.63, 3.8) is 0 Å². The van der Waals surface area contributed by atoms with Crippen LogP contribution < -0.4 is 4.90 Å². The van der Waals surface area contributed by atoms with E-state index in [0.717, 1.165) is 11.9 Å². The Morgan fingerprint density at radius 1 is 1.38 bits per heavy atom. The lowest BCUT2D eigenvalue weighted by Gasteiger charge is -2.04. The Bertz CT molecular complexity index is 520. The molecule has 1 aromatic carbocycles. The smallest absolute Gasteiger partial charge is 0.328 e. The Balaban J connectivity index is 2.19. The fourth-order valence-corrected chi connectivity index (χ4v) is 2.15. The zero-order valence-electron chi connectivity index (χ0n) is 8.62. The molecular weight excluding hydrogens is 230 g/mol. The zero-order chi connectivity index (χ0) is 11.9. The normalized spacial score (nSPS) is 19.6. The summed E-state index contributed by atoms with van der Waals surface area (Å²) in [6.07, 6.45) is 1.14. The average Bonchev–Trinajstić information content (AvgIpc) is 2.96. The SMILES string of the molecule is CS(=O)(=O)c1ccc(N2C[C@H]2C(=O)O)cc1. The number of rotatable bonds is 3. The molecule has 1 N–H and O–H groups in total. The number of benzene rings is 1. The van der Waals surface area contributed by atoms with E-state index in [1.165, 1.54) is 12.1 Å². The molecule has 0 unspecified atom stereocenters. The quantitative estimate of drug-likeness (QED) is 0.773. The van der Waals surface area contributed by atoms with Gasteiger partial charge in [-0.2, -0.15) is 0 Å². The highest BCUT2D eigenvalue weighted by molar-refractivity contribution is 7.90. The predicted molar refractivity (Wildman–Crippen MR) is 58.3 cm³/mol. The van der Waals surface area contributed by atoms with Crippen LogP contribution in [0.15, 0.2) is 29.2 Å². The summed E-state index contributed by atoms with van der Waals surface area (Å²) >= 11 is 0. The van der Waals surface area contributed by atoms with Crippen molar-refractivity contribution >= 4 is 21.5 Å². The summed E-state index contributed by atoms with van der Waals surface area (Å²) in [5, 5.41) is 8.73. The van der Waals surface area contributed by atoms with E-state index in [2.05, 4.69) is 0 Å². The van der Waals surface area contributed by atoms with Crippen molar-refractivity contribution < 1.29 is 18.3 Å². The summed E-state index contributed by atoms with van der Waals surface area (Å²) in [6.45, 7) is 0.480. The van der Waals surface area contributed by atoms with Crippen molar-refractivity contribution in [2.45, 2.75) is 10.9 Å². The van der Waals surface area contributed by atoms with E-state index >= 15 is 0 Å². The van der Waals surface area contributed by atoms with Gasteiger partial charge in [0.05, 0.1) is 11.4 Å². The van der Waals surface area contributed by atoms with Crippen LogP contribution in [0.3, 0.4) is 0 Å². The van der Waals surface area contributed by atoms with Crippen LogP contribution >= 0.6 is 0 Å². The Morgan fingerprint density at radius 3 is 2.31 bits per heavy atom. The number of sulfone groups is 1. The molecule has 0 aromatic heterocycles. The molecule has 1 fully saturated rings. The maximum atomic E-state index is 11.2. The highest BCUT2D eigenvalue weighted by Gasteiger charge is 2.40. The first-order chi connectivity index (χ1) is 7.39. The second-order valence-corrected chi connectivity index (χ2v) is 5.79. The molecule has 5 nitrogen and oxygen atoms in total. The van der Waals surface area contributed by atoms with E-state index in [9.17, 15) is 13.2 Å². The minimum atomic E-state index is -3.19. The van der Waals surface area contributed by atoms with Crippen molar-refractivity contribution in [2.75, 3.05) is 17.7 Å². The summed E-state index contributed by atoms with van der Waals surface area (Å²) < 4.78 is 22.4. The van der Waals surface area contributed by atoms with Crippen LogP contribution in [0.25, 0.3) is 0 Å². The average molecular weight is 241 g/mol. The van der Waals surface area contributed by atoms with Crippen LogP contribution in [-0.2, 0) is 14.6 Å². The molecule has 6 heteroatoms. The Kier molecular flexibility index (Phi) is 2.38. The number of carbonyl (C=O) groups is 1. The summed E-state index contributed by atoms with van der Waals surface area (Å²) in [4.78, 5) is 12.6. The van der Waals surface area contributed by atoms with Gasteiger partial charge in [0.2, 0.25) is 0 Å². The molecule has 1 atom stereocenters. The van der Waals surface area contributed by atoms with Gasteiger partial charge in [0.1, 0.15) is 6.04 Å². The highest BCUT2D eigenvalue weighted by atomic mass is 32.2. The second-order valence-electron chi connectivity index (χ2n) is 3.77. The lowest BCUT2D eigenvalue weighted by molar-refractivity contribution is -0.136. The van der Waals surface area contributed by atoms with Crippen molar-refractivity contribution in [2.24, 2.45) is 0 Å². The fourth-order valence-electron chi connectivity index (χ4n) is 1.52. The van der Waals surface area contributed by atoms with Crippen LogP contribution in [0.5, 0.6) is 0 Å². The highest BCUT2D eigenvalue weighted by Crippen LogP contribution is 2.28. The van der Waals surface area contributed by atoms with E-state index in [1.807, 2.05) is 0 Å². The summed E-state index contributed by atoms with van der Waals surface area (Å²) in [7, 11) is -3.19.